The second-order valence-corrected chi connectivity index (χ2v) is 5.71. The minimum atomic E-state index is -0.883. The Bertz CT molecular complexity index is 652. The van der Waals surface area contributed by atoms with E-state index >= 15 is 0 Å². The van der Waals surface area contributed by atoms with E-state index in [0.29, 0.717) is 6.54 Å². The maximum Gasteiger partial charge on any atom is 0.307 e. The van der Waals surface area contributed by atoms with Crippen LogP contribution in [-0.4, -0.2) is 22.0 Å². The van der Waals surface area contributed by atoms with Crippen LogP contribution in [0.2, 0.25) is 0 Å². The first-order valence-corrected chi connectivity index (χ1v) is 7.39. The molecule has 0 bridgehead atoms. The molecule has 2 aromatic rings. The number of aromatic nitrogens is 1. The fourth-order valence-corrected chi connectivity index (χ4v) is 2.59. The monoisotopic (exact) mass is 304 g/mol. The molecule has 5 nitrogen and oxygen atoms in total. The largest absolute Gasteiger partial charge is 0.481 e. The zero-order valence-corrected chi connectivity index (χ0v) is 12.4. The maximum absolute atomic E-state index is 11.9. The zero-order valence-electron chi connectivity index (χ0n) is 11.6. The van der Waals surface area contributed by atoms with Crippen LogP contribution in [0.3, 0.4) is 0 Å². The lowest BCUT2D eigenvalue weighted by molar-refractivity contribution is -0.136. The van der Waals surface area contributed by atoms with Gasteiger partial charge in [-0.15, -0.1) is 11.3 Å². The van der Waals surface area contributed by atoms with Gasteiger partial charge in [0, 0.05) is 11.9 Å². The van der Waals surface area contributed by atoms with Crippen molar-refractivity contribution in [2.24, 2.45) is 0 Å². The molecule has 1 amide bonds. The number of carbonyl (C=O) groups excluding carboxylic acids is 1. The number of amides is 1. The average Bonchev–Trinajstić information content (AvgIpc) is 2.82. The van der Waals surface area contributed by atoms with E-state index in [1.54, 1.807) is 12.1 Å². The van der Waals surface area contributed by atoms with Crippen LogP contribution in [0, 0.1) is 6.92 Å². The Kier molecular flexibility index (Phi) is 5.05. The first-order chi connectivity index (χ1) is 10.0. The number of hydrogen-bond donors (Lipinski definition) is 2. The number of rotatable bonds is 6. The summed E-state index contributed by atoms with van der Waals surface area (Å²) in [6.45, 7) is 2.22. The van der Waals surface area contributed by atoms with Crippen molar-refractivity contribution in [1.29, 1.82) is 0 Å². The first kappa shape index (κ1) is 15.2. The minimum absolute atomic E-state index is 0.0443. The van der Waals surface area contributed by atoms with E-state index in [1.165, 1.54) is 11.3 Å². The highest BCUT2D eigenvalue weighted by molar-refractivity contribution is 7.09. The highest BCUT2D eigenvalue weighted by Crippen LogP contribution is 2.11. The molecule has 6 heteroatoms. The van der Waals surface area contributed by atoms with Crippen LogP contribution in [0.1, 0.15) is 21.8 Å². The Labute approximate surface area is 126 Å². The standard InChI is InChI=1S/C15H16N2O3S/c1-10-17-13(9-21-10)7-14(18)16-8-12-5-3-2-4-11(12)6-15(19)20/h2-5,9H,6-8H2,1H3,(H,16,18)(H,19,20). The van der Waals surface area contributed by atoms with Gasteiger partial charge in [-0.2, -0.15) is 0 Å². The van der Waals surface area contributed by atoms with Crippen molar-refractivity contribution >= 4 is 23.2 Å². The van der Waals surface area contributed by atoms with Crippen LogP contribution in [0.25, 0.3) is 0 Å². The Balaban J connectivity index is 1.93. The molecular formula is C15H16N2O3S. The predicted octanol–water partition coefficient (Wildman–Crippen LogP) is 1.94. The fraction of sp³-hybridized carbons (Fsp3) is 0.267. The molecule has 0 saturated carbocycles. The van der Waals surface area contributed by atoms with E-state index in [9.17, 15) is 9.59 Å². The van der Waals surface area contributed by atoms with Crippen molar-refractivity contribution in [3.05, 3.63) is 51.5 Å². The lowest BCUT2D eigenvalue weighted by Crippen LogP contribution is -2.25. The van der Waals surface area contributed by atoms with Crippen molar-refractivity contribution in [3.63, 3.8) is 0 Å². The maximum atomic E-state index is 11.9. The second kappa shape index (κ2) is 6.99. The Morgan fingerprint density at radius 3 is 2.57 bits per heavy atom. The van der Waals surface area contributed by atoms with Gasteiger partial charge in [-0.3, -0.25) is 9.59 Å². The van der Waals surface area contributed by atoms with Crippen molar-refractivity contribution in [2.45, 2.75) is 26.3 Å². The van der Waals surface area contributed by atoms with E-state index < -0.39 is 5.97 Å². The third-order valence-corrected chi connectivity index (χ3v) is 3.77. The number of thiazole rings is 1. The van der Waals surface area contributed by atoms with E-state index in [2.05, 4.69) is 10.3 Å². The lowest BCUT2D eigenvalue weighted by Gasteiger charge is -2.09. The van der Waals surface area contributed by atoms with Gasteiger partial charge in [-0.25, -0.2) is 4.98 Å². The van der Waals surface area contributed by atoms with Gasteiger partial charge in [0.05, 0.1) is 23.5 Å². The Hall–Kier alpha value is -2.21. The van der Waals surface area contributed by atoms with Gasteiger partial charge >= 0.3 is 5.97 Å². The Morgan fingerprint density at radius 2 is 1.95 bits per heavy atom. The first-order valence-electron chi connectivity index (χ1n) is 6.51. The van der Waals surface area contributed by atoms with Crippen LogP contribution in [-0.2, 0) is 29.0 Å². The molecule has 110 valence electrons. The normalized spacial score (nSPS) is 10.3. The zero-order chi connectivity index (χ0) is 15.2. The van der Waals surface area contributed by atoms with Gasteiger partial charge in [0.25, 0.3) is 0 Å². The molecule has 0 spiro atoms. The van der Waals surface area contributed by atoms with E-state index in [4.69, 9.17) is 5.11 Å². The van der Waals surface area contributed by atoms with Gasteiger partial charge in [0.1, 0.15) is 0 Å². The molecule has 0 saturated heterocycles. The van der Waals surface area contributed by atoms with Gasteiger partial charge in [0.15, 0.2) is 0 Å². The molecule has 21 heavy (non-hydrogen) atoms. The number of nitrogens with zero attached hydrogens (tertiary/aromatic N) is 1. The fourth-order valence-electron chi connectivity index (χ4n) is 1.98. The minimum Gasteiger partial charge on any atom is -0.481 e. The summed E-state index contributed by atoms with van der Waals surface area (Å²) in [5.41, 5.74) is 2.30. The summed E-state index contributed by atoms with van der Waals surface area (Å²) < 4.78 is 0. The Morgan fingerprint density at radius 1 is 1.24 bits per heavy atom. The molecule has 0 fully saturated rings. The SMILES string of the molecule is Cc1nc(CC(=O)NCc2ccccc2CC(=O)O)cs1. The van der Waals surface area contributed by atoms with Crippen LogP contribution in [0.5, 0.6) is 0 Å². The molecule has 1 heterocycles. The van der Waals surface area contributed by atoms with Crippen molar-refractivity contribution in [1.82, 2.24) is 10.3 Å². The number of carbonyl (C=O) groups is 2. The summed E-state index contributed by atoms with van der Waals surface area (Å²) in [6, 6.07) is 7.21. The number of carboxylic acid groups (broad SMARTS) is 1. The predicted molar refractivity (Wildman–Crippen MR) is 80.2 cm³/mol. The van der Waals surface area contributed by atoms with E-state index in [-0.39, 0.29) is 18.7 Å². The summed E-state index contributed by atoms with van der Waals surface area (Å²) >= 11 is 1.51. The van der Waals surface area contributed by atoms with Crippen molar-refractivity contribution < 1.29 is 14.7 Å². The van der Waals surface area contributed by atoms with Crippen LogP contribution in [0.15, 0.2) is 29.6 Å². The van der Waals surface area contributed by atoms with Gasteiger partial charge in [0.2, 0.25) is 5.91 Å². The molecule has 1 aromatic carbocycles. The topological polar surface area (TPSA) is 79.3 Å². The number of nitrogens with one attached hydrogen (secondary N) is 1. The molecule has 2 rings (SSSR count). The lowest BCUT2D eigenvalue weighted by atomic mass is 10.0. The molecule has 1 aromatic heterocycles. The van der Waals surface area contributed by atoms with E-state index in [1.807, 2.05) is 24.4 Å². The summed E-state index contributed by atoms with van der Waals surface area (Å²) in [4.78, 5) is 26.9. The molecule has 2 N–H and O–H groups in total. The van der Waals surface area contributed by atoms with Gasteiger partial charge in [-0.05, 0) is 18.1 Å². The molecule has 0 atom stereocenters. The van der Waals surface area contributed by atoms with Crippen LogP contribution in [0.4, 0.5) is 0 Å². The summed E-state index contributed by atoms with van der Waals surface area (Å²) in [6.07, 6.45) is 0.197. The molecule has 0 unspecified atom stereocenters. The van der Waals surface area contributed by atoms with Crippen molar-refractivity contribution in [2.75, 3.05) is 0 Å². The van der Waals surface area contributed by atoms with Crippen molar-refractivity contribution in [3.8, 4) is 0 Å². The highest BCUT2D eigenvalue weighted by Gasteiger charge is 2.09. The molecule has 0 radical (unpaired) electrons. The number of benzene rings is 1. The number of aryl methyl sites for hydroxylation is 1. The van der Waals surface area contributed by atoms with Gasteiger partial charge in [-0.1, -0.05) is 24.3 Å². The quantitative estimate of drug-likeness (QED) is 0.855. The summed E-state index contributed by atoms with van der Waals surface area (Å²) in [5.74, 6) is -1.00. The molecular weight excluding hydrogens is 288 g/mol. The molecule has 0 aliphatic carbocycles. The summed E-state index contributed by atoms with van der Waals surface area (Å²) in [5, 5.41) is 14.5. The molecule has 0 aliphatic rings. The second-order valence-electron chi connectivity index (χ2n) is 4.65. The number of hydrogen-bond acceptors (Lipinski definition) is 4. The van der Waals surface area contributed by atoms with Crippen LogP contribution < -0.4 is 5.32 Å². The smallest absolute Gasteiger partial charge is 0.307 e. The van der Waals surface area contributed by atoms with Crippen LogP contribution >= 0.6 is 11.3 Å². The average molecular weight is 304 g/mol. The molecule has 0 aliphatic heterocycles. The third-order valence-electron chi connectivity index (χ3n) is 2.94. The third kappa shape index (κ3) is 4.68. The summed E-state index contributed by atoms with van der Waals surface area (Å²) in [7, 11) is 0. The number of aliphatic carboxylic acids is 1. The van der Waals surface area contributed by atoms with E-state index in [0.717, 1.165) is 21.8 Å². The highest BCUT2D eigenvalue weighted by atomic mass is 32.1. The van der Waals surface area contributed by atoms with Gasteiger partial charge < -0.3 is 10.4 Å². The number of carboxylic acids is 1.